The van der Waals surface area contributed by atoms with Gasteiger partial charge in [-0.3, -0.25) is 4.79 Å². The molecule has 0 N–H and O–H groups in total. The van der Waals surface area contributed by atoms with Crippen molar-refractivity contribution in [3.8, 4) is 5.69 Å². The number of esters is 1. The molecule has 0 bridgehead atoms. The Labute approximate surface area is 177 Å². The maximum atomic E-state index is 12.5. The van der Waals surface area contributed by atoms with Crippen molar-refractivity contribution >= 4 is 17.7 Å². The van der Waals surface area contributed by atoms with Crippen molar-refractivity contribution < 1.29 is 9.53 Å². The molecule has 1 saturated carbocycles. The van der Waals surface area contributed by atoms with Gasteiger partial charge in [-0.25, -0.2) is 0 Å². The van der Waals surface area contributed by atoms with E-state index in [0.29, 0.717) is 28.8 Å². The summed E-state index contributed by atoms with van der Waals surface area (Å²) in [6.07, 6.45) is 3.33. The van der Waals surface area contributed by atoms with Crippen LogP contribution in [0.5, 0.6) is 0 Å². The zero-order valence-electron chi connectivity index (χ0n) is 18.0. The number of tetrazole rings is 1. The molecular formula is C22H32N4O2S. The summed E-state index contributed by atoms with van der Waals surface area (Å²) in [7, 11) is 0. The molecule has 0 aliphatic heterocycles. The van der Waals surface area contributed by atoms with E-state index < -0.39 is 0 Å². The molecular weight excluding hydrogens is 384 g/mol. The van der Waals surface area contributed by atoms with Crippen LogP contribution in [0.2, 0.25) is 0 Å². The van der Waals surface area contributed by atoms with Crippen LogP contribution in [0.15, 0.2) is 29.4 Å². The Hall–Kier alpha value is -1.89. The third kappa shape index (κ3) is 5.59. The van der Waals surface area contributed by atoms with Gasteiger partial charge < -0.3 is 4.74 Å². The Kier molecular flexibility index (Phi) is 7.33. The molecule has 29 heavy (non-hydrogen) atoms. The monoisotopic (exact) mass is 416 g/mol. The highest BCUT2D eigenvalue weighted by atomic mass is 32.2. The predicted octanol–water partition coefficient (Wildman–Crippen LogP) is 4.88. The van der Waals surface area contributed by atoms with Crippen LogP contribution in [0.3, 0.4) is 0 Å². The quantitative estimate of drug-likeness (QED) is 0.473. The van der Waals surface area contributed by atoms with E-state index in [2.05, 4.69) is 62.3 Å². The van der Waals surface area contributed by atoms with Crippen LogP contribution in [0.25, 0.3) is 5.69 Å². The maximum Gasteiger partial charge on any atom is 0.316 e. The number of thioether (sulfide) groups is 1. The smallest absolute Gasteiger partial charge is 0.316 e. The molecule has 1 aliphatic rings. The molecule has 1 aliphatic carbocycles. The molecule has 3 rings (SSSR count). The molecule has 1 aromatic heterocycles. The lowest BCUT2D eigenvalue weighted by Crippen LogP contribution is -2.36. The summed E-state index contributed by atoms with van der Waals surface area (Å²) in [6.45, 7) is 11.0. The standard InChI is InChI=1S/C22H32N4O2S/c1-14(2)17-7-9-18(10-8-17)26-22(23-24-25-26)29-13-21(27)28-20-12-16(5)6-11-19(20)15(3)4/h7-10,14-16,19-20H,6,11-13H2,1-5H3/t16-,19-,20-/m1/s1. The Bertz CT molecular complexity index is 803. The van der Waals surface area contributed by atoms with Crippen LogP contribution < -0.4 is 0 Å². The van der Waals surface area contributed by atoms with Crippen molar-refractivity contribution in [2.75, 3.05) is 5.75 Å². The van der Waals surface area contributed by atoms with Crippen molar-refractivity contribution in [1.29, 1.82) is 0 Å². The normalized spacial score (nSPS) is 22.2. The fraction of sp³-hybridized carbons (Fsp3) is 0.636. The number of nitrogens with zero attached hydrogens (tertiary/aromatic N) is 4. The molecule has 6 nitrogen and oxygen atoms in total. The molecule has 0 amide bonds. The molecule has 0 radical (unpaired) electrons. The van der Waals surface area contributed by atoms with Gasteiger partial charge in [-0.05, 0) is 64.6 Å². The summed E-state index contributed by atoms with van der Waals surface area (Å²) in [5.74, 6) is 2.07. The van der Waals surface area contributed by atoms with E-state index in [-0.39, 0.29) is 17.8 Å². The molecule has 7 heteroatoms. The lowest BCUT2D eigenvalue weighted by Gasteiger charge is -2.36. The summed E-state index contributed by atoms with van der Waals surface area (Å²) in [6, 6.07) is 8.18. The fourth-order valence-electron chi connectivity index (χ4n) is 4.01. The Morgan fingerprint density at radius 3 is 2.59 bits per heavy atom. The third-order valence-corrected chi connectivity index (χ3v) is 6.70. The summed E-state index contributed by atoms with van der Waals surface area (Å²) < 4.78 is 7.55. The minimum atomic E-state index is -0.190. The van der Waals surface area contributed by atoms with Crippen LogP contribution in [-0.4, -0.2) is 38.0 Å². The van der Waals surface area contributed by atoms with Crippen molar-refractivity contribution in [2.45, 2.75) is 71.1 Å². The van der Waals surface area contributed by atoms with Gasteiger partial charge in [0.2, 0.25) is 5.16 Å². The van der Waals surface area contributed by atoms with E-state index in [9.17, 15) is 4.79 Å². The van der Waals surface area contributed by atoms with Gasteiger partial charge in [-0.15, -0.1) is 5.10 Å². The van der Waals surface area contributed by atoms with Crippen LogP contribution in [-0.2, 0) is 9.53 Å². The topological polar surface area (TPSA) is 69.9 Å². The van der Waals surface area contributed by atoms with Crippen molar-refractivity contribution in [3.05, 3.63) is 29.8 Å². The number of carbonyl (C=O) groups excluding carboxylic acids is 1. The van der Waals surface area contributed by atoms with E-state index in [1.165, 1.54) is 23.7 Å². The molecule has 0 saturated heterocycles. The second-order valence-electron chi connectivity index (χ2n) is 8.76. The number of carbonyl (C=O) groups is 1. The van der Waals surface area contributed by atoms with E-state index in [1.807, 2.05) is 12.1 Å². The van der Waals surface area contributed by atoms with E-state index in [0.717, 1.165) is 18.5 Å². The van der Waals surface area contributed by atoms with Crippen LogP contribution in [0.4, 0.5) is 0 Å². The fourth-order valence-corrected chi connectivity index (χ4v) is 4.68. The van der Waals surface area contributed by atoms with Gasteiger partial charge in [0.15, 0.2) is 0 Å². The van der Waals surface area contributed by atoms with Gasteiger partial charge in [-0.2, -0.15) is 4.68 Å². The highest BCUT2D eigenvalue weighted by Gasteiger charge is 2.33. The zero-order valence-corrected chi connectivity index (χ0v) is 18.9. The first-order valence-corrected chi connectivity index (χ1v) is 11.5. The molecule has 3 atom stereocenters. The summed E-state index contributed by atoms with van der Waals surface area (Å²) in [5, 5.41) is 12.5. The number of rotatable bonds is 7. The SMILES string of the molecule is CC(C)c1ccc(-n2nnnc2SCC(=O)O[C@@H]2C[C@H](C)CC[C@@H]2C(C)C)cc1. The Balaban J connectivity index is 1.60. The zero-order chi connectivity index (χ0) is 21.0. The number of benzene rings is 1. The molecule has 1 fully saturated rings. The number of ether oxygens (including phenoxy) is 1. The van der Waals surface area contributed by atoms with Gasteiger partial charge in [0.05, 0.1) is 11.4 Å². The van der Waals surface area contributed by atoms with E-state index in [1.54, 1.807) is 4.68 Å². The van der Waals surface area contributed by atoms with Crippen LogP contribution >= 0.6 is 11.8 Å². The van der Waals surface area contributed by atoms with Gasteiger partial charge in [-0.1, -0.05) is 64.9 Å². The number of hydrogen-bond acceptors (Lipinski definition) is 6. The third-order valence-electron chi connectivity index (χ3n) is 5.81. The average molecular weight is 417 g/mol. The average Bonchev–Trinajstić information content (AvgIpc) is 3.15. The summed E-state index contributed by atoms with van der Waals surface area (Å²) >= 11 is 1.32. The van der Waals surface area contributed by atoms with Gasteiger partial charge >= 0.3 is 5.97 Å². The van der Waals surface area contributed by atoms with E-state index >= 15 is 0 Å². The second kappa shape index (κ2) is 9.74. The van der Waals surface area contributed by atoms with Crippen LogP contribution in [0, 0.1) is 17.8 Å². The lowest BCUT2D eigenvalue weighted by atomic mass is 9.75. The molecule has 2 aromatic rings. The first-order chi connectivity index (χ1) is 13.8. The van der Waals surface area contributed by atoms with Crippen molar-refractivity contribution in [2.24, 2.45) is 17.8 Å². The molecule has 1 heterocycles. The minimum Gasteiger partial charge on any atom is -0.461 e. The predicted molar refractivity (Wildman–Crippen MR) is 115 cm³/mol. The highest BCUT2D eigenvalue weighted by molar-refractivity contribution is 7.99. The largest absolute Gasteiger partial charge is 0.461 e. The van der Waals surface area contributed by atoms with Crippen molar-refractivity contribution in [3.63, 3.8) is 0 Å². The van der Waals surface area contributed by atoms with Gasteiger partial charge in [0.25, 0.3) is 0 Å². The minimum absolute atomic E-state index is 0.0198. The van der Waals surface area contributed by atoms with Gasteiger partial charge in [0.1, 0.15) is 6.10 Å². The maximum absolute atomic E-state index is 12.5. The highest BCUT2D eigenvalue weighted by Crippen LogP contribution is 2.35. The summed E-state index contributed by atoms with van der Waals surface area (Å²) in [5.41, 5.74) is 2.15. The molecule has 1 aromatic carbocycles. The number of aromatic nitrogens is 4. The summed E-state index contributed by atoms with van der Waals surface area (Å²) in [4.78, 5) is 12.5. The van der Waals surface area contributed by atoms with Crippen LogP contribution in [0.1, 0.15) is 65.4 Å². The van der Waals surface area contributed by atoms with Crippen molar-refractivity contribution in [1.82, 2.24) is 20.2 Å². The molecule has 0 unspecified atom stereocenters. The van der Waals surface area contributed by atoms with Gasteiger partial charge in [0, 0.05) is 0 Å². The molecule has 158 valence electrons. The Morgan fingerprint density at radius 2 is 1.93 bits per heavy atom. The first-order valence-electron chi connectivity index (χ1n) is 10.6. The molecule has 0 spiro atoms. The first kappa shape index (κ1) is 21.8. The second-order valence-corrected chi connectivity index (χ2v) is 9.71. The Morgan fingerprint density at radius 1 is 1.21 bits per heavy atom. The lowest BCUT2D eigenvalue weighted by molar-refractivity contribution is -0.152. The number of hydrogen-bond donors (Lipinski definition) is 0. The van der Waals surface area contributed by atoms with E-state index in [4.69, 9.17) is 4.74 Å².